The molecule has 0 amide bonds. The molecule has 0 aliphatic rings. The van der Waals surface area contributed by atoms with Crippen LogP contribution in [0.1, 0.15) is 31.6 Å². The Bertz CT molecular complexity index is 497. The molecule has 1 heterocycles. The number of carboxylic acid groups (broad SMARTS) is 1. The topological polar surface area (TPSA) is 80.9 Å². The highest BCUT2D eigenvalue weighted by Crippen LogP contribution is 2.45. The molecule has 2 atom stereocenters. The first kappa shape index (κ1) is 17.2. The molecule has 0 aliphatic carbocycles. The van der Waals surface area contributed by atoms with E-state index in [1.807, 2.05) is 0 Å². The summed E-state index contributed by atoms with van der Waals surface area (Å²) >= 11 is 0. The van der Waals surface area contributed by atoms with Crippen LogP contribution in [0.25, 0.3) is 0 Å². The molecule has 0 aromatic carbocycles. The average Bonchev–Trinajstić information content (AvgIpc) is 2.71. The van der Waals surface area contributed by atoms with Gasteiger partial charge in [-0.15, -0.1) is 5.10 Å². The van der Waals surface area contributed by atoms with Gasteiger partial charge >= 0.3 is 18.3 Å². The first-order chi connectivity index (χ1) is 9.37. The normalized spacial score (nSPS) is 16.0. The van der Waals surface area contributed by atoms with Crippen molar-refractivity contribution in [2.24, 2.45) is 5.92 Å². The Labute approximate surface area is 113 Å². The van der Waals surface area contributed by atoms with E-state index in [9.17, 15) is 31.1 Å². The largest absolute Gasteiger partial charge is 0.481 e. The minimum atomic E-state index is -5.66. The zero-order valence-corrected chi connectivity index (χ0v) is 10.6. The van der Waals surface area contributed by atoms with E-state index < -0.39 is 42.0 Å². The van der Waals surface area contributed by atoms with Gasteiger partial charge in [-0.05, 0) is 24.3 Å². The van der Waals surface area contributed by atoms with Crippen molar-refractivity contribution < 1.29 is 36.2 Å². The molecule has 2 unspecified atom stereocenters. The predicted molar refractivity (Wildman–Crippen MR) is 54.2 cm³/mol. The van der Waals surface area contributed by atoms with Crippen LogP contribution in [0.15, 0.2) is 0 Å². The molecule has 0 aliphatic heterocycles. The van der Waals surface area contributed by atoms with E-state index in [1.54, 1.807) is 0 Å². The maximum Gasteiger partial charge on any atom is 0.407 e. The summed E-state index contributed by atoms with van der Waals surface area (Å²) in [6.45, 7) is 2.23. The molecule has 0 bridgehead atoms. The summed E-state index contributed by atoms with van der Waals surface area (Å²) in [5.41, 5.74) is 0. The van der Waals surface area contributed by atoms with Gasteiger partial charge in [0.2, 0.25) is 5.92 Å². The lowest BCUT2D eigenvalue weighted by atomic mass is 10.0. The number of hydrogen-bond acceptors (Lipinski definition) is 4. The van der Waals surface area contributed by atoms with Gasteiger partial charge in [-0.25, -0.2) is 4.68 Å². The summed E-state index contributed by atoms with van der Waals surface area (Å²) in [5, 5.41) is 17.4. The highest BCUT2D eigenvalue weighted by molar-refractivity contribution is 5.70. The molecule has 1 aromatic rings. The van der Waals surface area contributed by atoms with Gasteiger partial charge in [0.15, 0.2) is 5.82 Å². The van der Waals surface area contributed by atoms with E-state index in [0.29, 0.717) is 0 Å². The van der Waals surface area contributed by atoms with Gasteiger partial charge in [0.25, 0.3) is 0 Å². The summed E-state index contributed by atoms with van der Waals surface area (Å²) < 4.78 is 76.1. The molecular formula is C9H10F6N4O2. The summed E-state index contributed by atoms with van der Waals surface area (Å²) in [7, 11) is 0. The summed E-state index contributed by atoms with van der Waals surface area (Å²) in [6.07, 6.45) is -11.3. The zero-order chi connectivity index (χ0) is 16.6. The van der Waals surface area contributed by atoms with Crippen LogP contribution in [0.5, 0.6) is 0 Å². The Morgan fingerprint density at radius 3 is 2.00 bits per heavy atom. The number of halogens is 6. The minimum absolute atomic E-state index is 0.241. The number of carbonyl (C=O) groups is 1. The van der Waals surface area contributed by atoms with Gasteiger partial charge in [0.1, 0.15) is 0 Å². The third-order valence-corrected chi connectivity index (χ3v) is 2.93. The first-order valence-corrected chi connectivity index (χ1v) is 5.51. The second-order valence-electron chi connectivity index (χ2n) is 4.37. The van der Waals surface area contributed by atoms with Crippen LogP contribution in [-0.2, 0) is 4.79 Å². The van der Waals surface area contributed by atoms with Gasteiger partial charge in [-0.2, -0.15) is 26.3 Å². The lowest BCUT2D eigenvalue weighted by Crippen LogP contribution is -2.37. The van der Waals surface area contributed by atoms with E-state index in [0.717, 1.165) is 13.8 Å². The van der Waals surface area contributed by atoms with Crippen LogP contribution in [-0.4, -0.2) is 43.6 Å². The van der Waals surface area contributed by atoms with Crippen molar-refractivity contribution in [1.29, 1.82) is 0 Å². The predicted octanol–water partition coefficient (Wildman–Crippen LogP) is 2.16. The molecule has 1 aromatic heterocycles. The molecule has 0 radical (unpaired) electrons. The third-order valence-electron chi connectivity index (χ3n) is 2.93. The van der Waals surface area contributed by atoms with Crippen molar-refractivity contribution in [3.8, 4) is 0 Å². The van der Waals surface area contributed by atoms with Crippen molar-refractivity contribution in [1.82, 2.24) is 20.2 Å². The molecule has 0 saturated heterocycles. The molecular weight excluding hydrogens is 310 g/mol. The number of alkyl halides is 6. The fourth-order valence-electron chi connectivity index (χ4n) is 1.58. The molecule has 1 N–H and O–H groups in total. The molecule has 1 rings (SSSR count). The Hall–Kier alpha value is -1.88. The van der Waals surface area contributed by atoms with Gasteiger partial charge in [-0.1, -0.05) is 0 Å². The Kier molecular flexibility index (Phi) is 4.48. The maximum atomic E-state index is 12.6. The number of carboxylic acids is 1. The SMILES string of the molecule is CC(C(=O)O)C(C)n1nnnc1C(C(F)(F)F)C(F)(F)F. The molecule has 0 fully saturated rings. The van der Waals surface area contributed by atoms with Crippen molar-refractivity contribution in [2.45, 2.75) is 38.2 Å². The molecule has 0 saturated carbocycles. The Morgan fingerprint density at radius 1 is 1.14 bits per heavy atom. The fourth-order valence-corrected chi connectivity index (χ4v) is 1.58. The second-order valence-corrected chi connectivity index (χ2v) is 4.37. The van der Waals surface area contributed by atoms with Gasteiger partial charge in [0, 0.05) is 0 Å². The number of nitrogens with zero attached hydrogens (tertiary/aromatic N) is 4. The van der Waals surface area contributed by atoms with Crippen molar-refractivity contribution >= 4 is 5.97 Å². The van der Waals surface area contributed by atoms with E-state index in [2.05, 4.69) is 15.5 Å². The maximum absolute atomic E-state index is 12.6. The second kappa shape index (κ2) is 5.48. The van der Waals surface area contributed by atoms with Crippen molar-refractivity contribution in [3.63, 3.8) is 0 Å². The van der Waals surface area contributed by atoms with Crippen molar-refractivity contribution in [2.75, 3.05) is 0 Å². The lowest BCUT2D eigenvalue weighted by molar-refractivity contribution is -0.256. The zero-order valence-electron chi connectivity index (χ0n) is 10.6. The number of aromatic nitrogens is 4. The van der Waals surface area contributed by atoms with Gasteiger partial charge < -0.3 is 5.11 Å². The number of aliphatic carboxylic acids is 1. The summed E-state index contributed by atoms with van der Waals surface area (Å²) in [6, 6.07) is -1.29. The average molecular weight is 320 g/mol. The molecule has 21 heavy (non-hydrogen) atoms. The van der Waals surface area contributed by atoms with E-state index in [4.69, 9.17) is 5.11 Å². The quantitative estimate of drug-likeness (QED) is 0.860. The van der Waals surface area contributed by atoms with Crippen molar-refractivity contribution in [3.05, 3.63) is 5.82 Å². The number of tetrazole rings is 1. The first-order valence-electron chi connectivity index (χ1n) is 5.51. The van der Waals surface area contributed by atoms with Crippen LogP contribution in [0.4, 0.5) is 26.3 Å². The lowest BCUT2D eigenvalue weighted by Gasteiger charge is -2.24. The minimum Gasteiger partial charge on any atom is -0.481 e. The standard InChI is InChI=1S/C9H10F6N4O2/c1-3(7(20)21)4(2)19-6(16-17-18-19)5(8(10,11)12)9(13,14)15/h3-5H,1-2H3,(H,20,21). The van der Waals surface area contributed by atoms with Crippen LogP contribution in [0.3, 0.4) is 0 Å². The number of rotatable bonds is 4. The van der Waals surface area contributed by atoms with Gasteiger partial charge in [-0.3, -0.25) is 4.79 Å². The van der Waals surface area contributed by atoms with E-state index in [-0.39, 0.29) is 4.68 Å². The fraction of sp³-hybridized carbons (Fsp3) is 0.778. The molecule has 6 nitrogen and oxygen atoms in total. The highest BCUT2D eigenvalue weighted by atomic mass is 19.4. The highest BCUT2D eigenvalue weighted by Gasteiger charge is 2.60. The Balaban J connectivity index is 3.32. The molecule has 120 valence electrons. The smallest absolute Gasteiger partial charge is 0.407 e. The van der Waals surface area contributed by atoms with Crippen LogP contribution in [0, 0.1) is 5.92 Å². The van der Waals surface area contributed by atoms with Crippen LogP contribution >= 0.6 is 0 Å². The number of hydrogen-bond donors (Lipinski definition) is 1. The third kappa shape index (κ3) is 3.61. The summed E-state index contributed by atoms with van der Waals surface area (Å²) in [5.74, 6) is -8.06. The summed E-state index contributed by atoms with van der Waals surface area (Å²) in [4.78, 5) is 10.8. The molecule has 0 spiro atoms. The van der Waals surface area contributed by atoms with E-state index in [1.165, 1.54) is 0 Å². The van der Waals surface area contributed by atoms with Crippen LogP contribution in [0.2, 0.25) is 0 Å². The Morgan fingerprint density at radius 2 is 1.62 bits per heavy atom. The van der Waals surface area contributed by atoms with E-state index >= 15 is 0 Å². The van der Waals surface area contributed by atoms with Gasteiger partial charge in [0.05, 0.1) is 12.0 Å². The molecule has 12 heteroatoms. The monoisotopic (exact) mass is 320 g/mol. The van der Waals surface area contributed by atoms with Crippen LogP contribution < -0.4 is 0 Å².